The van der Waals surface area contributed by atoms with E-state index < -0.39 is 0 Å². The van der Waals surface area contributed by atoms with Crippen LogP contribution in [0, 0.1) is 0 Å². The molecule has 3 nitrogen and oxygen atoms in total. The maximum atomic E-state index is 5.43. The lowest BCUT2D eigenvalue weighted by atomic mass is 10.2. The van der Waals surface area contributed by atoms with Crippen molar-refractivity contribution in [3.05, 3.63) is 22.4 Å². The summed E-state index contributed by atoms with van der Waals surface area (Å²) in [4.78, 5) is 2.50. The molecule has 1 aliphatic rings. The van der Waals surface area contributed by atoms with Gasteiger partial charge in [-0.25, -0.2) is 0 Å². The number of nitrogens with zero attached hydrogens (tertiary/aromatic N) is 1. The van der Waals surface area contributed by atoms with E-state index in [0.29, 0.717) is 6.04 Å². The Balaban J connectivity index is 1.53. The molecule has 0 spiro atoms. The van der Waals surface area contributed by atoms with Crippen LogP contribution >= 0.6 is 11.3 Å². The van der Waals surface area contributed by atoms with Crippen LogP contribution in [-0.4, -0.2) is 50.3 Å². The summed E-state index contributed by atoms with van der Waals surface area (Å²) in [6, 6.07) is 2.78. The zero-order valence-electron chi connectivity index (χ0n) is 10.5. The van der Waals surface area contributed by atoms with E-state index in [9.17, 15) is 0 Å². The Bertz CT molecular complexity index is 302. The van der Waals surface area contributed by atoms with Gasteiger partial charge in [-0.15, -0.1) is 0 Å². The fraction of sp³-hybridized carbons (Fsp3) is 0.692. The Labute approximate surface area is 108 Å². The molecule has 0 radical (unpaired) electrons. The Kier molecular flexibility index (Phi) is 5.45. The number of nitrogens with one attached hydrogen (secondary N) is 1. The van der Waals surface area contributed by atoms with Gasteiger partial charge < -0.3 is 10.1 Å². The van der Waals surface area contributed by atoms with Gasteiger partial charge in [-0.05, 0) is 42.3 Å². The van der Waals surface area contributed by atoms with Crippen LogP contribution < -0.4 is 5.32 Å². The number of thiophene rings is 1. The molecule has 0 aromatic carbocycles. The summed E-state index contributed by atoms with van der Waals surface area (Å²) in [5, 5.41) is 7.89. The van der Waals surface area contributed by atoms with Gasteiger partial charge in [-0.3, -0.25) is 4.90 Å². The smallest absolute Gasteiger partial charge is 0.0619 e. The van der Waals surface area contributed by atoms with Crippen molar-refractivity contribution in [2.24, 2.45) is 0 Å². The van der Waals surface area contributed by atoms with Crippen molar-refractivity contribution >= 4 is 11.3 Å². The SMILES string of the molecule is CC1COCCN1CCNCCc1ccsc1. The van der Waals surface area contributed by atoms with Crippen LogP contribution in [0.3, 0.4) is 0 Å². The summed E-state index contributed by atoms with van der Waals surface area (Å²) in [5.74, 6) is 0. The zero-order valence-corrected chi connectivity index (χ0v) is 11.3. The molecule has 17 heavy (non-hydrogen) atoms. The molecule has 2 rings (SSSR count). The van der Waals surface area contributed by atoms with Crippen molar-refractivity contribution < 1.29 is 4.74 Å². The van der Waals surface area contributed by atoms with Gasteiger partial charge in [-0.2, -0.15) is 11.3 Å². The second-order valence-corrected chi connectivity index (χ2v) is 5.37. The average molecular weight is 254 g/mol. The van der Waals surface area contributed by atoms with Gasteiger partial charge in [0, 0.05) is 25.7 Å². The quantitative estimate of drug-likeness (QED) is 0.781. The van der Waals surface area contributed by atoms with Gasteiger partial charge in [0.15, 0.2) is 0 Å². The first kappa shape index (κ1) is 13.0. The maximum Gasteiger partial charge on any atom is 0.0619 e. The van der Waals surface area contributed by atoms with E-state index in [1.54, 1.807) is 11.3 Å². The van der Waals surface area contributed by atoms with Crippen LogP contribution in [0.15, 0.2) is 16.8 Å². The second kappa shape index (κ2) is 7.11. The minimum absolute atomic E-state index is 0.572. The van der Waals surface area contributed by atoms with Crippen molar-refractivity contribution in [3.8, 4) is 0 Å². The molecule has 1 aliphatic heterocycles. The third-order valence-corrected chi connectivity index (χ3v) is 3.98. The second-order valence-electron chi connectivity index (χ2n) is 4.59. The zero-order chi connectivity index (χ0) is 11.9. The monoisotopic (exact) mass is 254 g/mol. The largest absolute Gasteiger partial charge is 0.379 e. The predicted molar refractivity (Wildman–Crippen MR) is 72.7 cm³/mol. The molecule has 96 valence electrons. The van der Waals surface area contributed by atoms with Crippen molar-refractivity contribution in [1.29, 1.82) is 0 Å². The molecular weight excluding hydrogens is 232 g/mol. The molecule has 1 fully saturated rings. The van der Waals surface area contributed by atoms with E-state index in [1.807, 2.05) is 0 Å². The van der Waals surface area contributed by atoms with Crippen molar-refractivity contribution in [3.63, 3.8) is 0 Å². The molecule has 1 aromatic heterocycles. The lowest BCUT2D eigenvalue weighted by molar-refractivity contribution is 0.000469. The van der Waals surface area contributed by atoms with Gasteiger partial charge in [0.2, 0.25) is 0 Å². The van der Waals surface area contributed by atoms with E-state index in [4.69, 9.17) is 4.74 Å². The number of rotatable bonds is 6. The van der Waals surface area contributed by atoms with Gasteiger partial charge in [-0.1, -0.05) is 0 Å². The van der Waals surface area contributed by atoms with Gasteiger partial charge in [0.25, 0.3) is 0 Å². The average Bonchev–Trinajstić information content (AvgIpc) is 2.84. The maximum absolute atomic E-state index is 5.43. The highest BCUT2D eigenvalue weighted by Gasteiger charge is 2.17. The molecule has 1 N–H and O–H groups in total. The van der Waals surface area contributed by atoms with Crippen molar-refractivity contribution in [2.45, 2.75) is 19.4 Å². The fourth-order valence-corrected chi connectivity index (χ4v) is 2.81. The third kappa shape index (κ3) is 4.39. The van der Waals surface area contributed by atoms with Crippen molar-refractivity contribution in [1.82, 2.24) is 10.2 Å². The highest BCUT2D eigenvalue weighted by molar-refractivity contribution is 7.07. The van der Waals surface area contributed by atoms with Crippen LogP contribution in [-0.2, 0) is 11.2 Å². The summed E-state index contributed by atoms with van der Waals surface area (Å²) in [5.41, 5.74) is 1.45. The van der Waals surface area contributed by atoms with E-state index in [-0.39, 0.29) is 0 Å². The topological polar surface area (TPSA) is 24.5 Å². The highest BCUT2D eigenvalue weighted by Crippen LogP contribution is 2.06. The van der Waals surface area contributed by atoms with E-state index in [0.717, 1.165) is 45.8 Å². The Morgan fingerprint density at radius 3 is 3.24 bits per heavy atom. The standard InChI is InChI=1S/C13H22N2OS/c1-12-10-16-8-7-15(12)6-5-14-4-2-13-3-9-17-11-13/h3,9,11-12,14H,2,4-8,10H2,1H3. The first-order chi connectivity index (χ1) is 8.36. The van der Waals surface area contributed by atoms with Crippen LogP contribution in [0.1, 0.15) is 12.5 Å². The molecule has 0 aliphatic carbocycles. The summed E-state index contributed by atoms with van der Waals surface area (Å²) in [6.07, 6.45) is 1.14. The number of hydrogen-bond acceptors (Lipinski definition) is 4. The normalized spacial score (nSPS) is 21.8. The molecule has 1 unspecified atom stereocenters. The number of ether oxygens (including phenoxy) is 1. The van der Waals surface area contributed by atoms with Gasteiger partial charge in [0.05, 0.1) is 13.2 Å². The fourth-order valence-electron chi connectivity index (χ4n) is 2.11. The molecule has 0 saturated carbocycles. The predicted octanol–water partition coefficient (Wildman–Crippen LogP) is 1.60. The van der Waals surface area contributed by atoms with Crippen LogP contribution in [0.5, 0.6) is 0 Å². The molecule has 0 bridgehead atoms. The first-order valence-corrected chi connectivity index (χ1v) is 7.34. The summed E-state index contributed by atoms with van der Waals surface area (Å²) < 4.78 is 5.43. The van der Waals surface area contributed by atoms with Crippen LogP contribution in [0.4, 0.5) is 0 Å². The Morgan fingerprint density at radius 1 is 1.53 bits per heavy atom. The van der Waals surface area contributed by atoms with E-state index in [2.05, 4.69) is 34.0 Å². The van der Waals surface area contributed by atoms with Crippen LogP contribution in [0.2, 0.25) is 0 Å². The number of morpholine rings is 1. The summed E-state index contributed by atoms with van der Waals surface area (Å²) in [7, 11) is 0. The minimum atomic E-state index is 0.572. The van der Waals surface area contributed by atoms with Crippen molar-refractivity contribution in [2.75, 3.05) is 39.4 Å². The third-order valence-electron chi connectivity index (χ3n) is 3.25. The van der Waals surface area contributed by atoms with Crippen LogP contribution in [0.25, 0.3) is 0 Å². The molecule has 1 aromatic rings. The molecular formula is C13H22N2OS. The Hall–Kier alpha value is -0.420. The van der Waals surface area contributed by atoms with Gasteiger partial charge >= 0.3 is 0 Å². The van der Waals surface area contributed by atoms with E-state index in [1.165, 1.54) is 5.56 Å². The summed E-state index contributed by atoms with van der Waals surface area (Å²) >= 11 is 1.78. The first-order valence-electron chi connectivity index (χ1n) is 6.40. The van der Waals surface area contributed by atoms with E-state index >= 15 is 0 Å². The molecule has 2 heterocycles. The van der Waals surface area contributed by atoms with Gasteiger partial charge in [0.1, 0.15) is 0 Å². The number of hydrogen-bond donors (Lipinski definition) is 1. The Morgan fingerprint density at radius 2 is 2.47 bits per heavy atom. The molecule has 4 heteroatoms. The highest BCUT2D eigenvalue weighted by atomic mass is 32.1. The molecule has 1 saturated heterocycles. The lowest BCUT2D eigenvalue weighted by Crippen LogP contribution is -2.46. The minimum Gasteiger partial charge on any atom is -0.379 e. The molecule has 1 atom stereocenters. The summed E-state index contributed by atoms with van der Waals surface area (Å²) in [6.45, 7) is 8.38. The molecule has 0 amide bonds. The lowest BCUT2D eigenvalue weighted by Gasteiger charge is -2.33.